The second-order valence-electron chi connectivity index (χ2n) is 4.26. The number of rotatable bonds is 3. The van der Waals surface area contributed by atoms with Crippen LogP contribution >= 0.6 is 23.5 Å². The number of thioether (sulfide) groups is 2. The van der Waals surface area contributed by atoms with Gasteiger partial charge in [-0.2, -0.15) is 21.8 Å². The van der Waals surface area contributed by atoms with Gasteiger partial charge in [-0.1, -0.05) is 12.1 Å². The number of nitrogens with one attached hydrogen (secondary N) is 1. The molecule has 1 saturated heterocycles. The molecule has 0 amide bonds. The molecule has 0 aliphatic carbocycles. The number of anilines is 1. The van der Waals surface area contributed by atoms with Crippen LogP contribution in [-0.2, 0) is 0 Å². The quantitative estimate of drug-likeness (QED) is 0.898. The van der Waals surface area contributed by atoms with Crippen LogP contribution in [0.4, 0.5) is 5.82 Å². The van der Waals surface area contributed by atoms with Gasteiger partial charge in [-0.3, -0.25) is 5.10 Å². The standard InChI is InChI=1S/C11H15N5OS2/c1-2-7-8(19-4-3-18-7)10-14-11(17-16-10)6-5-13-15-9(6)12/h5,7-8H,2-4H2,1H3,(H3,12,13,15). The third-order valence-corrected chi connectivity index (χ3v) is 6.29. The van der Waals surface area contributed by atoms with E-state index in [2.05, 4.69) is 27.3 Å². The average molecular weight is 297 g/mol. The third kappa shape index (κ3) is 2.46. The van der Waals surface area contributed by atoms with Crippen molar-refractivity contribution in [3.8, 4) is 11.5 Å². The Bertz CT molecular complexity index is 555. The summed E-state index contributed by atoms with van der Waals surface area (Å²) < 4.78 is 5.31. The molecular formula is C11H15N5OS2. The van der Waals surface area contributed by atoms with E-state index >= 15 is 0 Å². The number of nitrogens with zero attached hydrogens (tertiary/aromatic N) is 3. The van der Waals surface area contributed by atoms with Crippen LogP contribution in [0.15, 0.2) is 10.7 Å². The highest BCUT2D eigenvalue weighted by Gasteiger charge is 2.30. The van der Waals surface area contributed by atoms with Crippen molar-refractivity contribution < 1.29 is 4.52 Å². The lowest BCUT2D eigenvalue weighted by atomic mass is 10.2. The molecule has 0 aromatic carbocycles. The average Bonchev–Trinajstić information content (AvgIpc) is 3.07. The van der Waals surface area contributed by atoms with Gasteiger partial charge in [0, 0.05) is 16.8 Å². The number of nitrogens with two attached hydrogens (primary N) is 1. The summed E-state index contributed by atoms with van der Waals surface area (Å²) in [5.74, 6) is 3.97. The van der Waals surface area contributed by atoms with Crippen LogP contribution in [0.3, 0.4) is 0 Å². The van der Waals surface area contributed by atoms with Crippen molar-refractivity contribution in [1.82, 2.24) is 20.3 Å². The number of aromatic amines is 1. The highest BCUT2D eigenvalue weighted by molar-refractivity contribution is 8.06. The van der Waals surface area contributed by atoms with Crippen LogP contribution in [0, 0.1) is 0 Å². The Labute approximate surface area is 119 Å². The second-order valence-corrected chi connectivity index (χ2v) is 6.86. The Kier molecular flexibility index (Phi) is 3.69. The first-order valence-electron chi connectivity index (χ1n) is 6.15. The maximum Gasteiger partial charge on any atom is 0.263 e. The minimum Gasteiger partial charge on any atom is -0.383 e. The molecular weight excluding hydrogens is 282 g/mol. The minimum absolute atomic E-state index is 0.300. The summed E-state index contributed by atoms with van der Waals surface area (Å²) in [7, 11) is 0. The van der Waals surface area contributed by atoms with Crippen molar-refractivity contribution in [2.24, 2.45) is 0 Å². The molecule has 1 aliphatic rings. The molecule has 0 bridgehead atoms. The van der Waals surface area contributed by atoms with Crippen LogP contribution in [-0.4, -0.2) is 37.1 Å². The van der Waals surface area contributed by atoms with E-state index in [-0.39, 0.29) is 0 Å². The maximum absolute atomic E-state index is 5.76. The number of hydrogen-bond acceptors (Lipinski definition) is 7. The zero-order valence-electron chi connectivity index (χ0n) is 10.5. The van der Waals surface area contributed by atoms with Gasteiger partial charge in [0.05, 0.1) is 11.4 Å². The summed E-state index contributed by atoms with van der Waals surface area (Å²) in [5, 5.41) is 11.5. The highest BCUT2D eigenvalue weighted by atomic mass is 32.2. The molecule has 3 rings (SSSR count). The molecule has 3 N–H and O–H groups in total. The molecule has 2 unspecified atom stereocenters. The van der Waals surface area contributed by atoms with Gasteiger partial charge in [0.25, 0.3) is 5.89 Å². The molecule has 8 heteroatoms. The highest BCUT2D eigenvalue weighted by Crippen LogP contribution is 2.43. The van der Waals surface area contributed by atoms with Crippen molar-refractivity contribution in [3.05, 3.63) is 12.0 Å². The van der Waals surface area contributed by atoms with Crippen LogP contribution in [0.2, 0.25) is 0 Å². The predicted octanol–water partition coefficient (Wildman–Crippen LogP) is 2.34. The van der Waals surface area contributed by atoms with Crippen LogP contribution in [0.5, 0.6) is 0 Å². The summed E-state index contributed by atoms with van der Waals surface area (Å²) in [6.45, 7) is 2.20. The first kappa shape index (κ1) is 12.9. The SMILES string of the molecule is CCC1SCCSC1c1noc(-c2cn[nH]c2N)n1. The van der Waals surface area contributed by atoms with Gasteiger partial charge in [-0.05, 0) is 6.42 Å². The van der Waals surface area contributed by atoms with Gasteiger partial charge in [-0.25, -0.2) is 0 Å². The Balaban J connectivity index is 1.86. The topological polar surface area (TPSA) is 93.6 Å². The van der Waals surface area contributed by atoms with E-state index < -0.39 is 0 Å². The lowest BCUT2D eigenvalue weighted by Crippen LogP contribution is -2.19. The van der Waals surface area contributed by atoms with Crippen molar-refractivity contribution in [2.75, 3.05) is 17.2 Å². The molecule has 1 aliphatic heterocycles. The van der Waals surface area contributed by atoms with E-state index in [9.17, 15) is 0 Å². The summed E-state index contributed by atoms with van der Waals surface area (Å²) >= 11 is 3.89. The summed E-state index contributed by atoms with van der Waals surface area (Å²) in [6.07, 6.45) is 2.72. The number of nitrogen functional groups attached to an aromatic ring is 1. The number of H-pyrrole nitrogens is 1. The van der Waals surface area contributed by atoms with E-state index in [4.69, 9.17) is 10.3 Å². The smallest absolute Gasteiger partial charge is 0.263 e. The fourth-order valence-corrected chi connectivity index (χ4v) is 5.05. The zero-order chi connectivity index (χ0) is 13.2. The molecule has 0 saturated carbocycles. The first-order chi connectivity index (χ1) is 9.29. The molecule has 19 heavy (non-hydrogen) atoms. The van der Waals surface area contributed by atoms with Gasteiger partial charge in [-0.15, -0.1) is 11.8 Å². The Hall–Kier alpha value is -1.15. The predicted molar refractivity (Wildman–Crippen MR) is 78.0 cm³/mol. The van der Waals surface area contributed by atoms with Gasteiger partial charge in [0.2, 0.25) is 0 Å². The molecule has 2 atom stereocenters. The second kappa shape index (κ2) is 5.46. The maximum atomic E-state index is 5.76. The Morgan fingerprint density at radius 3 is 3.05 bits per heavy atom. The van der Waals surface area contributed by atoms with Crippen LogP contribution in [0.25, 0.3) is 11.5 Å². The monoisotopic (exact) mass is 297 g/mol. The fraction of sp³-hybridized carbons (Fsp3) is 0.545. The largest absolute Gasteiger partial charge is 0.383 e. The van der Waals surface area contributed by atoms with Crippen molar-refractivity contribution in [1.29, 1.82) is 0 Å². The minimum atomic E-state index is 0.300. The molecule has 1 fully saturated rings. The van der Waals surface area contributed by atoms with E-state index in [1.165, 1.54) is 5.75 Å². The fourth-order valence-electron chi connectivity index (χ4n) is 2.07. The lowest BCUT2D eigenvalue weighted by Gasteiger charge is -2.27. The molecule has 0 radical (unpaired) electrons. The van der Waals surface area contributed by atoms with E-state index in [1.54, 1.807) is 6.20 Å². The normalized spacial score (nSPS) is 23.6. The molecule has 6 nitrogen and oxygen atoms in total. The summed E-state index contributed by atoms with van der Waals surface area (Å²) in [5.41, 5.74) is 6.43. The molecule has 0 spiro atoms. The lowest BCUT2D eigenvalue weighted by molar-refractivity contribution is 0.421. The Morgan fingerprint density at radius 1 is 1.47 bits per heavy atom. The molecule has 2 aromatic heterocycles. The van der Waals surface area contributed by atoms with Crippen LogP contribution in [0.1, 0.15) is 24.4 Å². The summed E-state index contributed by atoms with van der Waals surface area (Å²) in [4.78, 5) is 4.48. The molecule has 3 heterocycles. The summed E-state index contributed by atoms with van der Waals surface area (Å²) in [6, 6.07) is 0. The van der Waals surface area contributed by atoms with E-state index in [0.717, 1.165) is 18.0 Å². The third-order valence-electron chi connectivity index (χ3n) is 3.05. The first-order valence-corrected chi connectivity index (χ1v) is 8.25. The van der Waals surface area contributed by atoms with Gasteiger partial charge in [0.15, 0.2) is 5.82 Å². The van der Waals surface area contributed by atoms with Crippen molar-refractivity contribution in [2.45, 2.75) is 23.8 Å². The zero-order valence-corrected chi connectivity index (χ0v) is 12.1. The molecule has 102 valence electrons. The Morgan fingerprint density at radius 2 is 2.32 bits per heavy atom. The van der Waals surface area contributed by atoms with Crippen LogP contribution < -0.4 is 5.73 Å². The van der Waals surface area contributed by atoms with Crippen molar-refractivity contribution in [3.63, 3.8) is 0 Å². The van der Waals surface area contributed by atoms with E-state index in [1.807, 2.05) is 23.5 Å². The molecule has 2 aromatic rings. The van der Waals surface area contributed by atoms with E-state index in [0.29, 0.717) is 27.8 Å². The van der Waals surface area contributed by atoms with Gasteiger partial charge in [0.1, 0.15) is 11.4 Å². The number of aromatic nitrogens is 4. The van der Waals surface area contributed by atoms with Gasteiger partial charge >= 0.3 is 0 Å². The van der Waals surface area contributed by atoms with Gasteiger partial charge < -0.3 is 10.3 Å². The van der Waals surface area contributed by atoms with Crippen molar-refractivity contribution >= 4 is 29.3 Å². The number of hydrogen-bond donors (Lipinski definition) is 2.